The normalized spacial score (nSPS) is 11.5. The molecule has 30 heavy (non-hydrogen) atoms. The van der Waals surface area contributed by atoms with Gasteiger partial charge in [-0.15, -0.1) is 24.0 Å². The second-order valence-electron chi connectivity index (χ2n) is 6.17. The number of aromatic nitrogens is 1. The van der Waals surface area contributed by atoms with Crippen LogP contribution in [0.5, 0.6) is 0 Å². The molecule has 0 unspecified atom stereocenters. The van der Waals surface area contributed by atoms with E-state index in [9.17, 15) is 22.4 Å². The molecule has 0 spiro atoms. The van der Waals surface area contributed by atoms with Gasteiger partial charge in [-0.05, 0) is 36.2 Å². The van der Waals surface area contributed by atoms with Crippen LogP contribution in [-0.4, -0.2) is 30.4 Å². The number of alkyl halides is 3. The molecule has 1 aromatic heterocycles. The number of guanidine groups is 1. The molecule has 11 heteroatoms. The molecule has 0 saturated heterocycles. The number of nitrogens with zero attached hydrogens (tertiary/aromatic N) is 2. The predicted octanol–water partition coefficient (Wildman–Crippen LogP) is 3.86. The Bertz CT molecular complexity index is 872. The Labute approximate surface area is 188 Å². The summed E-state index contributed by atoms with van der Waals surface area (Å²) in [5, 5.41) is 8.19. The highest BCUT2D eigenvalue weighted by Crippen LogP contribution is 2.32. The van der Waals surface area contributed by atoms with Gasteiger partial charge in [-0.1, -0.05) is 12.1 Å². The molecule has 2 aromatic rings. The number of carbonyl (C=O) groups is 1. The lowest BCUT2D eigenvalue weighted by atomic mass is 10.1. The first-order valence-corrected chi connectivity index (χ1v) is 8.71. The maximum Gasteiger partial charge on any atom is 0.416 e. The van der Waals surface area contributed by atoms with Gasteiger partial charge in [0.25, 0.3) is 0 Å². The highest BCUT2D eigenvalue weighted by molar-refractivity contribution is 14.0. The van der Waals surface area contributed by atoms with Crippen molar-refractivity contribution in [3.63, 3.8) is 0 Å². The minimum atomic E-state index is -4.67. The molecule has 2 rings (SSSR count). The zero-order valence-corrected chi connectivity index (χ0v) is 18.6. The lowest BCUT2D eigenvalue weighted by Gasteiger charge is -2.16. The van der Waals surface area contributed by atoms with Crippen LogP contribution in [0.1, 0.15) is 23.1 Å². The van der Waals surface area contributed by atoms with Gasteiger partial charge in [0.05, 0.1) is 5.56 Å². The van der Waals surface area contributed by atoms with Gasteiger partial charge in [0, 0.05) is 32.8 Å². The molecule has 0 atom stereocenters. The number of nitrogens with one attached hydrogen (secondary N) is 3. The van der Waals surface area contributed by atoms with Gasteiger partial charge in [-0.2, -0.15) is 13.2 Å². The van der Waals surface area contributed by atoms with Crippen molar-refractivity contribution in [1.82, 2.24) is 15.6 Å². The van der Waals surface area contributed by atoms with Gasteiger partial charge >= 0.3 is 6.18 Å². The Hall–Kier alpha value is -2.44. The highest BCUT2D eigenvalue weighted by atomic mass is 127. The largest absolute Gasteiger partial charge is 0.416 e. The van der Waals surface area contributed by atoms with E-state index >= 15 is 0 Å². The summed E-state index contributed by atoms with van der Waals surface area (Å²) in [5.74, 6) is -0.595. The van der Waals surface area contributed by atoms with Crippen molar-refractivity contribution in [2.24, 2.45) is 4.99 Å². The molecule has 0 bridgehead atoms. The van der Waals surface area contributed by atoms with Crippen LogP contribution in [0.4, 0.5) is 23.4 Å². The minimum Gasteiger partial charge on any atom is -0.356 e. The number of anilines is 1. The first kappa shape index (κ1) is 25.6. The third-order valence-electron chi connectivity index (χ3n) is 3.87. The number of benzene rings is 1. The van der Waals surface area contributed by atoms with Crippen molar-refractivity contribution in [2.75, 3.05) is 18.9 Å². The van der Waals surface area contributed by atoms with E-state index in [1.54, 1.807) is 12.3 Å². The fourth-order valence-electron chi connectivity index (χ4n) is 2.41. The van der Waals surface area contributed by atoms with Crippen LogP contribution in [0, 0.1) is 12.7 Å². The molecule has 3 N–H and O–H groups in total. The third-order valence-corrected chi connectivity index (χ3v) is 3.87. The average molecular weight is 539 g/mol. The number of amides is 1. The Balaban J connectivity index is 0.00000450. The fourth-order valence-corrected chi connectivity index (χ4v) is 2.41. The maximum absolute atomic E-state index is 13.2. The molecule has 0 saturated carbocycles. The van der Waals surface area contributed by atoms with Crippen LogP contribution in [0.3, 0.4) is 0 Å². The molecule has 0 fully saturated rings. The Morgan fingerprint density at radius 3 is 2.50 bits per heavy atom. The van der Waals surface area contributed by atoms with Crippen molar-refractivity contribution in [2.45, 2.75) is 26.1 Å². The lowest BCUT2D eigenvalue weighted by molar-refractivity contribution is -0.138. The van der Waals surface area contributed by atoms with Crippen molar-refractivity contribution in [3.05, 3.63) is 59.0 Å². The van der Waals surface area contributed by atoms with E-state index in [0.29, 0.717) is 11.9 Å². The van der Waals surface area contributed by atoms with E-state index in [1.165, 1.54) is 7.05 Å². The number of hydrogen-bond donors (Lipinski definition) is 3. The maximum atomic E-state index is 13.2. The number of rotatable bonds is 6. The number of pyridine rings is 1. The molecule has 1 heterocycles. The van der Waals surface area contributed by atoms with Crippen molar-refractivity contribution >= 4 is 41.7 Å². The van der Waals surface area contributed by atoms with Crippen LogP contribution in [0.25, 0.3) is 0 Å². The first-order chi connectivity index (χ1) is 13.7. The van der Waals surface area contributed by atoms with E-state index < -0.39 is 17.6 Å². The van der Waals surface area contributed by atoms with E-state index in [4.69, 9.17) is 0 Å². The average Bonchev–Trinajstić information content (AvgIpc) is 2.66. The van der Waals surface area contributed by atoms with Gasteiger partial charge in [0.1, 0.15) is 11.6 Å². The van der Waals surface area contributed by atoms with Gasteiger partial charge in [-0.25, -0.2) is 9.37 Å². The van der Waals surface area contributed by atoms with Crippen LogP contribution >= 0.6 is 24.0 Å². The summed E-state index contributed by atoms with van der Waals surface area (Å²) < 4.78 is 52.3. The fraction of sp³-hybridized carbons (Fsp3) is 0.316. The molecular weight excluding hydrogens is 517 g/mol. The second kappa shape index (κ2) is 11.7. The zero-order chi connectivity index (χ0) is 21.4. The van der Waals surface area contributed by atoms with Crippen molar-refractivity contribution < 1.29 is 22.4 Å². The SMILES string of the molecule is CN=C(NCCC(=O)Nc1ccc(C)cn1)NCc1ccc(F)cc1C(F)(F)F.I. The number of aliphatic imine (C=N–C) groups is 1. The van der Waals surface area contributed by atoms with E-state index in [1.807, 2.05) is 13.0 Å². The third kappa shape index (κ3) is 8.13. The predicted molar refractivity (Wildman–Crippen MR) is 117 cm³/mol. The molecule has 1 aromatic carbocycles. The number of halogens is 5. The zero-order valence-electron chi connectivity index (χ0n) is 16.3. The van der Waals surface area contributed by atoms with Crippen molar-refractivity contribution in [3.8, 4) is 0 Å². The molecule has 0 radical (unpaired) electrons. The standard InChI is InChI=1S/C19H21F4N5O.HI/c1-12-3-6-16(26-10-12)28-17(29)7-8-25-18(24-2)27-11-13-4-5-14(20)9-15(13)19(21,22)23;/h3-6,9-10H,7-8,11H2,1-2H3,(H2,24,25,27)(H,26,28,29);1H. The van der Waals surface area contributed by atoms with Gasteiger partial charge in [-0.3, -0.25) is 9.79 Å². The minimum absolute atomic E-state index is 0. The molecule has 164 valence electrons. The van der Waals surface area contributed by atoms with Crippen molar-refractivity contribution in [1.29, 1.82) is 0 Å². The summed E-state index contributed by atoms with van der Waals surface area (Å²) >= 11 is 0. The summed E-state index contributed by atoms with van der Waals surface area (Å²) in [4.78, 5) is 19.9. The molecule has 1 amide bonds. The van der Waals surface area contributed by atoms with E-state index in [-0.39, 0.29) is 60.9 Å². The van der Waals surface area contributed by atoms with Crippen LogP contribution in [-0.2, 0) is 17.5 Å². The number of hydrogen-bond acceptors (Lipinski definition) is 3. The smallest absolute Gasteiger partial charge is 0.356 e. The molecule has 0 aliphatic carbocycles. The van der Waals surface area contributed by atoms with Gasteiger partial charge in [0.15, 0.2) is 5.96 Å². The summed E-state index contributed by atoms with van der Waals surface area (Å²) in [6.07, 6.45) is -2.94. The summed E-state index contributed by atoms with van der Waals surface area (Å²) in [5.41, 5.74) is -0.204. The molecule has 6 nitrogen and oxygen atoms in total. The number of aryl methyl sites for hydroxylation is 1. The Kier molecular flexibility index (Phi) is 9.96. The van der Waals surface area contributed by atoms with Gasteiger partial charge in [0.2, 0.25) is 5.91 Å². The first-order valence-electron chi connectivity index (χ1n) is 8.71. The molecule has 0 aliphatic heterocycles. The summed E-state index contributed by atoms with van der Waals surface area (Å²) in [7, 11) is 1.45. The summed E-state index contributed by atoms with van der Waals surface area (Å²) in [6.45, 7) is 1.87. The lowest BCUT2D eigenvalue weighted by Crippen LogP contribution is -2.38. The molecule has 0 aliphatic rings. The van der Waals surface area contributed by atoms with Crippen LogP contribution in [0.15, 0.2) is 41.5 Å². The number of carbonyl (C=O) groups excluding carboxylic acids is 1. The van der Waals surface area contributed by atoms with Crippen LogP contribution in [0.2, 0.25) is 0 Å². The summed E-state index contributed by atoms with van der Waals surface area (Å²) in [6, 6.07) is 5.99. The van der Waals surface area contributed by atoms with Gasteiger partial charge < -0.3 is 16.0 Å². The molecular formula is C19H22F4IN5O. The quantitative estimate of drug-likeness (QED) is 0.226. The second-order valence-corrected chi connectivity index (χ2v) is 6.17. The Morgan fingerprint density at radius 2 is 1.90 bits per heavy atom. The van der Waals surface area contributed by atoms with E-state index in [0.717, 1.165) is 17.7 Å². The Morgan fingerprint density at radius 1 is 1.17 bits per heavy atom. The monoisotopic (exact) mass is 539 g/mol. The van der Waals surface area contributed by atoms with Crippen LogP contribution < -0.4 is 16.0 Å². The topological polar surface area (TPSA) is 78.4 Å². The highest BCUT2D eigenvalue weighted by Gasteiger charge is 2.33. The van der Waals surface area contributed by atoms with E-state index in [2.05, 4.69) is 25.9 Å².